The lowest BCUT2D eigenvalue weighted by Gasteiger charge is -2.08. The number of para-hydroxylation sites is 1. The van der Waals surface area contributed by atoms with Crippen molar-refractivity contribution in [3.63, 3.8) is 0 Å². The smallest absolute Gasteiger partial charge is 0.363 e. The molecule has 3 aromatic carbocycles. The Bertz CT molecular complexity index is 1080. The van der Waals surface area contributed by atoms with Gasteiger partial charge in [-0.3, -0.25) is 0 Å². The molecule has 1 aliphatic rings. The molecule has 0 aromatic heterocycles. The molecule has 4 rings (SSSR count). The summed E-state index contributed by atoms with van der Waals surface area (Å²) in [5.41, 5.74) is 1.87. The van der Waals surface area contributed by atoms with Gasteiger partial charge in [0.1, 0.15) is 5.75 Å². The predicted octanol–water partition coefficient (Wildman–Crippen LogP) is 5.36. The van der Waals surface area contributed by atoms with E-state index in [2.05, 4.69) is 11.9 Å². The van der Waals surface area contributed by atoms with E-state index in [9.17, 15) is 4.79 Å². The lowest BCUT2D eigenvalue weighted by molar-refractivity contribution is -0.129. The number of ether oxygens (including phenoxy) is 2. The van der Waals surface area contributed by atoms with Gasteiger partial charge in [-0.15, -0.1) is 0 Å². The predicted molar refractivity (Wildman–Crippen MR) is 111 cm³/mol. The Balaban J connectivity index is 1.63. The first kappa shape index (κ1) is 18.0. The Labute approximate surface area is 164 Å². The van der Waals surface area contributed by atoms with Gasteiger partial charge in [0.2, 0.25) is 5.90 Å². The van der Waals surface area contributed by atoms with Crippen molar-refractivity contribution in [2.45, 2.75) is 19.8 Å². The maximum absolute atomic E-state index is 12.4. The van der Waals surface area contributed by atoms with Crippen LogP contribution in [0.4, 0.5) is 0 Å². The van der Waals surface area contributed by atoms with Gasteiger partial charge in [-0.25, -0.2) is 9.79 Å². The molecule has 0 saturated carbocycles. The molecule has 0 saturated heterocycles. The molecule has 28 heavy (non-hydrogen) atoms. The second-order valence-electron chi connectivity index (χ2n) is 6.64. The quantitative estimate of drug-likeness (QED) is 0.333. The maximum atomic E-state index is 12.4. The number of rotatable bonds is 6. The molecule has 1 aliphatic heterocycles. The molecular weight excluding hydrogens is 350 g/mol. The molecule has 0 N–H and O–H groups in total. The summed E-state index contributed by atoms with van der Waals surface area (Å²) < 4.78 is 11.3. The number of hydrogen-bond donors (Lipinski definition) is 0. The van der Waals surface area contributed by atoms with Gasteiger partial charge in [-0.2, -0.15) is 0 Å². The highest BCUT2D eigenvalue weighted by Gasteiger charge is 2.24. The molecule has 0 bridgehead atoms. The largest absolute Gasteiger partial charge is 0.493 e. The summed E-state index contributed by atoms with van der Waals surface area (Å²) in [7, 11) is 0. The van der Waals surface area contributed by atoms with Crippen LogP contribution in [0.15, 0.2) is 77.4 Å². The van der Waals surface area contributed by atoms with Crippen molar-refractivity contribution in [2.24, 2.45) is 4.99 Å². The maximum Gasteiger partial charge on any atom is 0.363 e. The van der Waals surface area contributed by atoms with Gasteiger partial charge in [-0.1, -0.05) is 61.9 Å². The van der Waals surface area contributed by atoms with Gasteiger partial charge in [0.15, 0.2) is 5.70 Å². The number of carbonyl (C=O) groups excluding carboxylic acids is 1. The van der Waals surface area contributed by atoms with Crippen LogP contribution in [0.25, 0.3) is 16.8 Å². The fourth-order valence-corrected chi connectivity index (χ4v) is 3.06. The third-order valence-electron chi connectivity index (χ3n) is 4.58. The normalized spacial score (nSPS) is 15.0. The number of fused-ring (bicyclic) bond motifs is 1. The molecular formula is C24H21NO3. The number of cyclic esters (lactones) is 1. The van der Waals surface area contributed by atoms with Gasteiger partial charge < -0.3 is 9.47 Å². The molecule has 4 heteroatoms. The first-order valence-corrected chi connectivity index (χ1v) is 9.48. The van der Waals surface area contributed by atoms with Crippen LogP contribution in [0.3, 0.4) is 0 Å². The van der Waals surface area contributed by atoms with Crippen molar-refractivity contribution < 1.29 is 14.3 Å². The summed E-state index contributed by atoms with van der Waals surface area (Å²) in [6.45, 7) is 2.77. The minimum Gasteiger partial charge on any atom is -0.493 e. The molecule has 1 heterocycles. The van der Waals surface area contributed by atoms with Gasteiger partial charge in [-0.05, 0) is 41.5 Å². The Morgan fingerprint density at radius 1 is 1.00 bits per heavy atom. The van der Waals surface area contributed by atoms with Crippen molar-refractivity contribution >= 4 is 28.7 Å². The number of benzene rings is 3. The highest BCUT2D eigenvalue weighted by atomic mass is 16.6. The molecule has 0 atom stereocenters. The fourth-order valence-electron chi connectivity index (χ4n) is 3.06. The molecule has 4 nitrogen and oxygen atoms in total. The number of aliphatic imine (C=N–C) groups is 1. The van der Waals surface area contributed by atoms with Crippen molar-refractivity contribution in [3.8, 4) is 5.75 Å². The lowest BCUT2D eigenvalue weighted by Crippen LogP contribution is -2.05. The average molecular weight is 371 g/mol. The summed E-state index contributed by atoms with van der Waals surface area (Å²) in [4.78, 5) is 16.8. The SMILES string of the molecule is CCCCOc1ccccc1/C=C1\N=C(c2ccc3ccccc3c2)OC1=O. The number of nitrogens with zero attached hydrogens (tertiary/aromatic N) is 1. The van der Waals surface area contributed by atoms with E-state index in [1.165, 1.54) is 0 Å². The number of esters is 1. The van der Waals surface area contributed by atoms with E-state index in [-0.39, 0.29) is 5.70 Å². The minimum atomic E-state index is -0.452. The second kappa shape index (κ2) is 8.09. The van der Waals surface area contributed by atoms with Crippen LogP contribution in [-0.4, -0.2) is 18.5 Å². The van der Waals surface area contributed by atoms with E-state index in [1.807, 2.05) is 66.7 Å². The molecule has 0 amide bonds. The molecule has 3 aromatic rings. The number of unbranched alkanes of at least 4 members (excludes halogenated alkanes) is 1. The monoisotopic (exact) mass is 371 g/mol. The summed E-state index contributed by atoms with van der Waals surface area (Å²) in [6, 6.07) is 21.6. The fraction of sp³-hybridized carbons (Fsp3) is 0.167. The van der Waals surface area contributed by atoms with Gasteiger partial charge in [0.25, 0.3) is 0 Å². The van der Waals surface area contributed by atoms with Gasteiger partial charge in [0, 0.05) is 11.1 Å². The number of carbonyl (C=O) groups is 1. The standard InChI is InChI=1S/C24H21NO3/c1-2-3-14-27-22-11-7-6-10-19(22)16-21-24(26)28-23(25-21)20-13-12-17-8-4-5-9-18(17)15-20/h4-13,15-16H,2-3,14H2,1H3/b21-16-. The molecule has 0 fully saturated rings. The zero-order valence-electron chi connectivity index (χ0n) is 15.7. The Morgan fingerprint density at radius 2 is 1.79 bits per heavy atom. The summed E-state index contributed by atoms with van der Waals surface area (Å²) in [6.07, 6.45) is 3.77. The van der Waals surface area contributed by atoms with Gasteiger partial charge >= 0.3 is 5.97 Å². The van der Waals surface area contributed by atoms with E-state index >= 15 is 0 Å². The van der Waals surface area contributed by atoms with Crippen molar-refractivity contribution in [2.75, 3.05) is 6.61 Å². The summed E-state index contributed by atoms with van der Waals surface area (Å²) in [5.74, 6) is 0.614. The Kier molecular flexibility index (Phi) is 5.20. The first-order valence-electron chi connectivity index (χ1n) is 9.48. The summed E-state index contributed by atoms with van der Waals surface area (Å²) in [5, 5.41) is 2.20. The molecule has 0 spiro atoms. The molecule has 0 unspecified atom stereocenters. The zero-order valence-corrected chi connectivity index (χ0v) is 15.7. The summed E-state index contributed by atoms with van der Waals surface area (Å²) >= 11 is 0. The zero-order chi connectivity index (χ0) is 19.3. The highest BCUT2D eigenvalue weighted by molar-refractivity contribution is 6.13. The van der Waals surface area contributed by atoms with Crippen molar-refractivity contribution in [1.82, 2.24) is 0 Å². The van der Waals surface area contributed by atoms with Crippen LogP contribution in [0.2, 0.25) is 0 Å². The molecule has 0 aliphatic carbocycles. The third-order valence-corrected chi connectivity index (χ3v) is 4.58. The van der Waals surface area contributed by atoms with E-state index in [0.717, 1.165) is 40.5 Å². The van der Waals surface area contributed by atoms with E-state index in [4.69, 9.17) is 9.47 Å². The van der Waals surface area contributed by atoms with Crippen LogP contribution in [0.1, 0.15) is 30.9 Å². The lowest BCUT2D eigenvalue weighted by atomic mass is 10.1. The van der Waals surface area contributed by atoms with E-state index < -0.39 is 5.97 Å². The van der Waals surface area contributed by atoms with Crippen molar-refractivity contribution in [1.29, 1.82) is 0 Å². The average Bonchev–Trinajstić information content (AvgIpc) is 3.09. The topological polar surface area (TPSA) is 47.9 Å². The first-order chi connectivity index (χ1) is 13.7. The van der Waals surface area contributed by atoms with Crippen LogP contribution < -0.4 is 4.74 Å². The second-order valence-corrected chi connectivity index (χ2v) is 6.64. The third kappa shape index (κ3) is 3.81. The highest BCUT2D eigenvalue weighted by Crippen LogP contribution is 2.26. The van der Waals surface area contributed by atoms with Gasteiger partial charge in [0.05, 0.1) is 6.61 Å². The Hall–Kier alpha value is -3.40. The van der Waals surface area contributed by atoms with Crippen LogP contribution in [0.5, 0.6) is 5.75 Å². The molecule has 0 radical (unpaired) electrons. The van der Waals surface area contributed by atoms with E-state index in [0.29, 0.717) is 12.5 Å². The molecule has 140 valence electrons. The van der Waals surface area contributed by atoms with E-state index in [1.54, 1.807) is 6.08 Å². The van der Waals surface area contributed by atoms with Crippen molar-refractivity contribution in [3.05, 3.63) is 83.6 Å². The Morgan fingerprint density at radius 3 is 2.64 bits per heavy atom. The van der Waals surface area contributed by atoms with Crippen LogP contribution in [-0.2, 0) is 9.53 Å². The van der Waals surface area contributed by atoms with Crippen LogP contribution >= 0.6 is 0 Å². The number of hydrogen-bond acceptors (Lipinski definition) is 4. The van der Waals surface area contributed by atoms with Crippen LogP contribution in [0, 0.1) is 0 Å². The minimum absolute atomic E-state index is 0.273.